The molecule has 1 unspecified atom stereocenters. The summed E-state index contributed by atoms with van der Waals surface area (Å²) < 4.78 is 24.6. The Bertz CT molecular complexity index is 939. The number of halogens is 1. The number of oxazole rings is 1. The predicted octanol–water partition coefficient (Wildman–Crippen LogP) is 5.18. The van der Waals surface area contributed by atoms with E-state index in [4.69, 9.17) is 14.1 Å². The van der Waals surface area contributed by atoms with E-state index in [9.17, 15) is 4.39 Å². The molecule has 146 valence electrons. The molecule has 0 N–H and O–H groups in total. The Kier molecular flexibility index (Phi) is 5.44. The number of likely N-dealkylation sites (tertiary alicyclic amines) is 1. The Morgan fingerprint density at radius 2 is 2.04 bits per heavy atom. The van der Waals surface area contributed by atoms with Gasteiger partial charge in [0.1, 0.15) is 5.76 Å². The van der Waals surface area contributed by atoms with E-state index in [1.54, 1.807) is 12.1 Å². The summed E-state index contributed by atoms with van der Waals surface area (Å²) in [7, 11) is 1.45. The minimum Gasteiger partial charge on any atom is -0.494 e. The fraction of sp³-hybridized carbons (Fsp3) is 0.348. The normalized spacial score (nSPS) is 17.6. The highest BCUT2D eigenvalue weighted by atomic mass is 19.1. The first kappa shape index (κ1) is 18.7. The highest BCUT2D eigenvalue weighted by molar-refractivity contribution is 5.56. The van der Waals surface area contributed by atoms with Crippen LogP contribution in [-0.4, -0.2) is 30.1 Å². The fourth-order valence-corrected chi connectivity index (χ4v) is 3.90. The van der Waals surface area contributed by atoms with Gasteiger partial charge in [-0.15, -0.1) is 0 Å². The molecule has 0 radical (unpaired) electrons. The van der Waals surface area contributed by atoms with Crippen molar-refractivity contribution in [1.82, 2.24) is 9.88 Å². The monoisotopic (exact) mass is 380 g/mol. The number of hydrogen-bond donors (Lipinski definition) is 0. The smallest absolute Gasteiger partial charge is 0.226 e. The lowest BCUT2D eigenvalue weighted by Gasteiger charge is -2.32. The first-order valence-electron chi connectivity index (χ1n) is 9.71. The number of aryl methyl sites for hydroxylation is 1. The molecule has 2 heterocycles. The van der Waals surface area contributed by atoms with Gasteiger partial charge in [-0.3, -0.25) is 4.90 Å². The molecule has 0 spiro atoms. The van der Waals surface area contributed by atoms with Crippen molar-refractivity contribution in [2.75, 3.05) is 20.2 Å². The van der Waals surface area contributed by atoms with Gasteiger partial charge in [-0.2, -0.15) is 0 Å². The second-order valence-corrected chi connectivity index (χ2v) is 7.36. The summed E-state index contributed by atoms with van der Waals surface area (Å²) in [6.45, 7) is 4.79. The van der Waals surface area contributed by atoms with Crippen molar-refractivity contribution in [2.45, 2.75) is 32.2 Å². The van der Waals surface area contributed by atoms with Crippen LogP contribution in [0, 0.1) is 12.7 Å². The van der Waals surface area contributed by atoms with Crippen LogP contribution in [0.2, 0.25) is 0 Å². The molecule has 1 atom stereocenters. The zero-order chi connectivity index (χ0) is 19.5. The number of piperidine rings is 1. The van der Waals surface area contributed by atoms with Gasteiger partial charge in [0.25, 0.3) is 0 Å². The van der Waals surface area contributed by atoms with Crippen molar-refractivity contribution < 1.29 is 13.5 Å². The summed E-state index contributed by atoms with van der Waals surface area (Å²) in [5, 5.41) is 0. The van der Waals surface area contributed by atoms with E-state index >= 15 is 0 Å². The number of ether oxygens (including phenoxy) is 1. The molecule has 0 saturated carbocycles. The van der Waals surface area contributed by atoms with Crippen molar-refractivity contribution in [1.29, 1.82) is 0 Å². The average molecular weight is 380 g/mol. The number of rotatable bonds is 5. The Morgan fingerprint density at radius 3 is 2.82 bits per heavy atom. The quantitative estimate of drug-likeness (QED) is 0.611. The van der Waals surface area contributed by atoms with Gasteiger partial charge in [-0.25, -0.2) is 9.37 Å². The second kappa shape index (κ2) is 8.15. The van der Waals surface area contributed by atoms with Gasteiger partial charge in [0.2, 0.25) is 5.89 Å². The molecule has 1 aliphatic heterocycles. The van der Waals surface area contributed by atoms with Crippen LogP contribution in [0.1, 0.15) is 35.8 Å². The lowest BCUT2D eigenvalue weighted by Crippen LogP contribution is -2.34. The van der Waals surface area contributed by atoms with Gasteiger partial charge in [0, 0.05) is 18.7 Å². The summed E-state index contributed by atoms with van der Waals surface area (Å²) >= 11 is 0. The Labute approximate surface area is 165 Å². The van der Waals surface area contributed by atoms with Crippen LogP contribution >= 0.6 is 0 Å². The second-order valence-electron chi connectivity index (χ2n) is 7.36. The van der Waals surface area contributed by atoms with E-state index in [1.807, 2.05) is 6.92 Å². The maximum absolute atomic E-state index is 13.7. The van der Waals surface area contributed by atoms with Crippen molar-refractivity contribution in [3.05, 3.63) is 71.4 Å². The third-order valence-corrected chi connectivity index (χ3v) is 5.44. The highest BCUT2D eigenvalue weighted by Crippen LogP contribution is 2.30. The minimum absolute atomic E-state index is 0.191. The van der Waals surface area contributed by atoms with E-state index in [0.717, 1.165) is 31.1 Å². The van der Waals surface area contributed by atoms with E-state index in [1.165, 1.54) is 31.6 Å². The summed E-state index contributed by atoms with van der Waals surface area (Å²) in [6.07, 6.45) is 2.40. The van der Waals surface area contributed by atoms with Crippen molar-refractivity contribution >= 4 is 0 Å². The Balaban J connectivity index is 1.50. The predicted molar refractivity (Wildman–Crippen MR) is 107 cm³/mol. The van der Waals surface area contributed by atoms with Crippen LogP contribution in [0.15, 0.2) is 52.9 Å². The Morgan fingerprint density at radius 1 is 1.21 bits per heavy atom. The lowest BCUT2D eigenvalue weighted by atomic mass is 9.90. The van der Waals surface area contributed by atoms with Crippen molar-refractivity contribution in [2.24, 2.45) is 0 Å². The van der Waals surface area contributed by atoms with Crippen LogP contribution in [0.4, 0.5) is 4.39 Å². The molecule has 1 fully saturated rings. The van der Waals surface area contributed by atoms with Gasteiger partial charge in [0.15, 0.2) is 11.6 Å². The van der Waals surface area contributed by atoms with Crippen molar-refractivity contribution in [3.63, 3.8) is 0 Å². The summed E-state index contributed by atoms with van der Waals surface area (Å²) in [5.74, 6) is 1.66. The maximum atomic E-state index is 13.7. The molecule has 0 amide bonds. The zero-order valence-corrected chi connectivity index (χ0v) is 16.3. The number of methoxy groups -OCH3 is 1. The topological polar surface area (TPSA) is 38.5 Å². The molecular formula is C23H25FN2O2. The first-order valence-corrected chi connectivity index (χ1v) is 9.71. The van der Waals surface area contributed by atoms with Gasteiger partial charge >= 0.3 is 0 Å². The van der Waals surface area contributed by atoms with Gasteiger partial charge < -0.3 is 9.15 Å². The van der Waals surface area contributed by atoms with Crippen LogP contribution in [0.5, 0.6) is 5.75 Å². The minimum atomic E-state index is -0.393. The van der Waals surface area contributed by atoms with Gasteiger partial charge in [-0.05, 0) is 56.0 Å². The molecule has 1 aromatic heterocycles. The van der Waals surface area contributed by atoms with Crippen LogP contribution in [0.3, 0.4) is 0 Å². The molecule has 4 rings (SSSR count). The van der Waals surface area contributed by atoms with E-state index in [-0.39, 0.29) is 5.75 Å². The van der Waals surface area contributed by atoms with Crippen LogP contribution in [-0.2, 0) is 6.54 Å². The molecule has 0 bridgehead atoms. The van der Waals surface area contributed by atoms with Crippen LogP contribution < -0.4 is 4.74 Å². The van der Waals surface area contributed by atoms with Gasteiger partial charge in [0.05, 0.1) is 12.8 Å². The summed E-state index contributed by atoms with van der Waals surface area (Å²) in [5.41, 5.74) is 3.06. The SMILES string of the molecule is COc1cc(-c2nc(CN3CCCC(c4ccccc4)C3)c(C)o2)ccc1F. The molecule has 4 nitrogen and oxygen atoms in total. The molecule has 1 aliphatic rings. The zero-order valence-electron chi connectivity index (χ0n) is 16.3. The fourth-order valence-electron chi connectivity index (χ4n) is 3.90. The largest absolute Gasteiger partial charge is 0.494 e. The Hall–Kier alpha value is -2.66. The molecule has 0 aliphatic carbocycles. The molecular weight excluding hydrogens is 355 g/mol. The highest BCUT2D eigenvalue weighted by Gasteiger charge is 2.23. The number of aromatic nitrogens is 1. The average Bonchev–Trinajstić information content (AvgIpc) is 3.09. The molecule has 1 saturated heterocycles. The molecule has 28 heavy (non-hydrogen) atoms. The third-order valence-electron chi connectivity index (χ3n) is 5.44. The molecule has 3 aromatic rings. The van der Waals surface area contributed by atoms with E-state index < -0.39 is 5.82 Å². The lowest BCUT2D eigenvalue weighted by molar-refractivity contribution is 0.197. The number of nitrogens with zero attached hydrogens (tertiary/aromatic N) is 2. The van der Waals surface area contributed by atoms with E-state index in [2.05, 4.69) is 35.2 Å². The first-order chi connectivity index (χ1) is 13.6. The third kappa shape index (κ3) is 3.94. The maximum Gasteiger partial charge on any atom is 0.226 e. The standard InChI is InChI=1S/C23H25FN2O2/c1-16-21(25-23(28-16)18-10-11-20(24)22(13-18)27-2)15-26-12-6-9-19(14-26)17-7-4-3-5-8-17/h3-5,7-8,10-11,13,19H,6,9,12,14-15H2,1-2H3. The molecule has 5 heteroatoms. The van der Waals surface area contributed by atoms with Gasteiger partial charge in [-0.1, -0.05) is 30.3 Å². The number of hydrogen-bond acceptors (Lipinski definition) is 4. The number of benzene rings is 2. The van der Waals surface area contributed by atoms with Crippen LogP contribution in [0.25, 0.3) is 11.5 Å². The van der Waals surface area contributed by atoms with E-state index in [0.29, 0.717) is 17.4 Å². The summed E-state index contributed by atoms with van der Waals surface area (Å²) in [6, 6.07) is 15.4. The molecule has 2 aromatic carbocycles. The van der Waals surface area contributed by atoms with Crippen molar-refractivity contribution in [3.8, 4) is 17.2 Å². The summed E-state index contributed by atoms with van der Waals surface area (Å²) in [4.78, 5) is 7.14.